The maximum Gasteiger partial charge on any atom is 0.294 e. The van der Waals surface area contributed by atoms with Crippen LogP contribution in [-0.2, 0) is 10.1 Å². The van der Waals surface area contributed by atoms with Crippen molar-refractivity contribution in [3.8, 4) is 11.5 Å². The smallest absolute Gasteiger partial charge is 0.294 e. The molecule has 0 atom stereocenters. The summed E-state index contributed by atoms with van der Waals surface area (Å²) in [5.41, 5.74) is 4.52. The van der Waals surface area contributed by atoms with E-state index >= 15 is 0 Å². The topological polar surface area (TPSA) is 195 Å². The maximum atomic E-state index is 11.9. The number of azo groups is 2. The van der Waals surface area contributed by atoms with Crippen molar-refractivity contribution in [2.24, 2.45) is 20.5 Å². The monoisotopic (exact) mass is 880 g/mol. The molecule has 0 bridgehead atoms. The highest BCUT2D eigenvalue weighted by Crippen LogP contribution is 2.42. The Hall–Kier alpha value is -6.40. The average Bonchev–Trinajstić information content (AvgIpc) is 3.29. The highest BCUT2D eigenvalue weighted by Gasteiger charge is 2.21. The summed E-state index contributed by atoms with van der Waals surface area (Å²) < 4.78 is 45.2. The molecule has 336 valence electrons. The van der Waals surface area contributed by atoms with E-state index in [0.717, 1.165) is 63.2 Å². The second kappa shape index (κ2) is 23.2. The van der Waals surface area contributed by atoms with Gasteiger partial charge in [0.25, 0.3) is 10.1 Å². The highest BCUT2D eigenvalue weighted by molar-refractivity contribution is 7.85. The molecule has 0 amide bonds. The summed E-state index contributed by atoms with van der Waals surface area (Å²) in [4.78, 5) is 21.2. The van der Waals surface area contributed by atoms with Crippen molar-refractivity contribution >= 4 is 73.5 Å². The fourth-order valence-electron chi connectivity index (χ4n) is 6.72. The molecule has 18 heteroatoms. The minimum Gasteiger partial charge on any atom is -0.494 e. The lowest BCUT2D eigenvalue weighted by molar-refractivity contribution is 0.414. The lowest BCUT2D eigenvalue weighted by atomic mass is 10.2. The van der Waals surface area contributed by atoms with Crippen molar-refractivity contribution in [2.75, 3.05) is 78.8 Å². The van der Waals surface area contributed by atoms with Gasteiger partial charge in [-0.05, 0) is 83.0 Å². The second-order valence-corrected chi connectivity index (χ2v) is 15.8. The van der Waals surface area contributed by atoms with Gasteiger partial charge in [-0.2, -0.15) is 33.6 Å². The van der Waals surface area contributed by atoms with Crippen LogP contribution >= 0.6 is 0 Å². The Morgan fingerprint density at radius 1 is 0.587 bits per heavy atom. The third-order valence-corrected chi connectivity index (χ3v) is 11.0. The maximum absolute atomic E-state index is 11.9. The lowest BCUT2D eigenvalue weighted by Gasteiger charge is -2.26. The molecule has 63 heavy (non-hydrogen) atoms. The summed E-state index contributed by atoms with van der Waals surface area (Å²) in [5, 5.41) is 25.0. The van der Waals surface area contributed by atoms with Crippen LogP contribution in [0.4, 0.5) is 63.3 Å². The van der Waals surface area contributed by atoms with Gasteiger partial charge in [-0.15, -0.1) is 10.2 Å². The van der Waals surface area contributed by atoms with Crippen molar-refractivity contribution in [1.29, 1.82) is 0 Å². The standard InChI is InChI=1S/C45H60N12O5S/c1-9-15-25-57(26-16-10-2)45-49-43(46-35-28-39(55(11-3)12-4)41(61-7)30-37(35)53-51-32-21-18-17-19-22-32)48-44(50-45)47-36-29-40(56(13-5)14-6)42(62-8)31-38(36)54-52-33-23-20-24-34(27-33)63(58,59)60/h17-24,27-31H,9-16,25-26H2,1-8H3,(H,58,59,60)(H2,46,47,48,49,50). The Morgan fingerprint density at radius 2 is 1.06 bits per heavy atom. The number of ether oxygens (including phenoxy) is 2. The number of nitrogens with zero attached hydrogens (tertiary/aromatic N) is 10. The summed E-state index contributed by atoms with van der Waals surface area (Å²) in [7, 11) is -1.24. The van der Waals surface area contributed by atoms with E-state index in [4.69, 9.17) is 24.4 Å². The number of benzene rings is 4. The van der Waals surface area contributed by atoms with Gasteiger partial charge >= 0.3 is 0 Å². The molecule has 1 aromatic heterocycles. The number of methoxy groups -OCH3 is 2. The average molecular weight is 881 g/mol. The molecule has 0 radical (unpaired) electrons. The first kappa shape index (κ1) is 47.6. The zero-order chi connectivity index (χ0) is 45.4. The van der Waals surface area contributed by atoms with Gasteiger partial charge in [-0.1, -0.05) is 51.0 Å². The number of hydrogen-bond donors (Lipinski definition) is 3. The predicted molar refractivity (Wildman–Crippen MR) is 253 cm³/mol. The van der Waals surface area contributed by atoms with E-state index in [9.17, 15) is 13.0 Å². The van der Waals surface area contributed by atoms with Gasteiger partial charge in [0.15, 0.2) is 0 Å². The van der Waals surface area contributed by atoms with Gasteiger partial charge in [0.1, 0.15) is 22.9 Å². The Labute approximate surface area is 371 Å². The molecule has 0 spiro atoms. The Bertz CT molecular complexity index is 2420. The summed E-state index contributed by atoms with van der Waals surface area (Å²) in [6.07, 6.45) is 3.85. The molecule has 5 rings (SSSR count). The van der Waals surface area contributed by atoms with Crippen molar-refractivity contribution < 1.29 is 22.4 Å². The molecule has 4 aromatic carbocycles. The molecule has 0 aliphatic heterocycles. The quantitative estimate of drug-likeness (QED) is 0.0392. The fraction of sp³-hybridized carbons (Fsp3) is 0.400. The van der Waals surface area contributed by atoms with Crippen LogP contribution in [0.2, 0.25) is 0 Å². The van der Waals surface area contributed by atoms with Crippen LogP contribution in [0.5, 0.6) is 11.5 Å². The summed E-state index contributed by atoms with van der Waals surface area (Å²) in [6, 6.07) is 22.6. The molecule has 0 unspecified atom stereocenters. The van der Waals surface area contributed by atoms with E-state index in [1.54, 1.807) is 26.4 Å². The fourth-order valence-corrected chi connectivity index (χ4v) is 7.24. The van der Waals surface area contributed by atoms with Crippen molar-refractivity contribution in [3.63, 3.8) is 0 Å². The zero-order valence-corrected chi connectivity index (χ0v) is 38.4. The molecular formula is C45H60N12O5S. The van der Waals surface area contributed by atoms with Crippen LogP contribution in [0, 0.1) is 0 Å². The van der Waals surface area contributed by atoms with Gasteiger partial charge in [0.2, 0.25) is 17.8 Å². The van der Waals surface area contributed by atoms with Gasteiger partial charge in [-0.3, -0.25) is 4.55 Å². The SMILES string of the molecule is CCCCN(CCCC)c1nc(Nc2cc(N(CC)CC)c(OC)cc2N=Nc2ccccc2)nc(Nc2cc(N(CC)CC)c(OC)cc2N=Nc2cccc(S(=O)(=O)O)c2)n1. The molecule has 1 heterocycles. The van der Waals surface area contributed by atoms with E-state index in [1.807, 2.05) is 48.5 Å². The first-order chi connectivity index (χ1) is 30.5. The predicted octanol–water partition coefficient (Wildman–Crippen LogP) is 11.6. The van der Waals surface area contributed by atoms with Gasteiger partial charge in [-0.25, -0.2) is 0 Å². The van der Waals surface area contributed by atoms with E-state index in [0.29, 0.717) is 59.0 Å². The van der Waals surface area contributed by atoms with Gasteiger partial charge in [0, 0.05) is 51.4 Å². The minimum atomic E-state index is -4.46. The van der Waals surface area contributed by atoms with Gasteiger partial charge in [0.05, 0.1) is 53.2 Å². The number of aromatic nitrogens is 3. The van der Waals surface area contributed by atoms with Crippen molar-refractivity contribution in [2.45, 2.75) is 72.1 Å². The van der Waals surface area contributed by atoms with E-state index in [2.05, 4.69) is 87.3 Å². The minimum absolute atomic E-state index is 0.211. The van der Waals surface area contributed by atoms with Crippen molar-refractivity contribution in [3.05, 3.63) is 78.9 Å². The van der Waals surface area contributed by atoms with Gasteiger partial charge < -0.3 is 34.8 Å². The number of hydrogen-bond acceptors (Lipinski definition) is 16. The molecular weight excluding hydrogens is 821 g/mol. The molecule has 17 nitrogen and oxygen atoms in total. The third-order valence-electron chi connectivity index (χ3n) is 10.2. The second-order valence-electron chi connectivity index (χ2n) is 14.4. The molecule has 0 aliphatic carbocycles. The third kappa shape index (κ3) is 12.8. The Balaban J connectivity index is 1.71. The largest absolute Gasteiger partial charge is 0.494 e. The number of rotatable bonds is 24. The first-order valence-electron chi connectivity index (χ1n) is 21.4. The number of anilines is 7. The number of unbranched alkanes of at least 4 members (excludes halogenated alkanes) is 2. The molecule has 5 aromatic rings. The Morgan fingerprint density at radius 3 is 1.51 bits per heavy atom. The Kier molecular flexibility index (Phi) is 17.5. The van der Waals surface area contributed by atoms with Crippen LogP contribution in [0.25, 0.3) is 0 Å². The highest BCUT2D eigenvalue weighted by atomic mass is 32.2. The zero-order valence-electron chi connectivity index (χ0n) is 37.5. The van der Waals surface area contributed by atoms with E-state index < -0.39 is 10.1 Å². The molecule has 0 saturated carbocycles. The lowest BCUT2D eigenvalue weighted by Crippen LogP contribution is -2.28. The number of nitrogens with one attached hydrogen (secondary N) is 2. The van der Waals surface area contributed by atoms with E-state index in [1.165, 1.54) is 18.2 Å². The first-order valence-corrected chi connectivity index (χ1v) is 22.9. The molecule has 3 N–H and O–H groups in total. The molecule has 0 aliphatic rings. The molecule has 0 saturated heterocycles. The van der Waals surface area contributed by atoms with Crippen LogP contribution < -0.4 is 34.8 Å². The normalized spacial score (nSPS) is 11.6. The van der Waals surface area contributed by atoms with Crippen LogP contribution in [0.3, 0.4) is 0 Å². The van der Waals surface area contributed by atoms with Crippen LogP contribution in [0.1, 0.15) is 67.2 Å². The van der Waals surface area contributed by atoms with Crippen LogP contribution in [-0.4, -0.2) is 81.4 Å². The summed E-state index contributed by atoms with van der Waals surface area (Å²) in [6.45, 7) is 17.0. The summed E-state index contributed by atoms with van der Waals surface area (Å²) >= 11 is 0. The van der Waals surface area contributed by atoms with Crippen molar-refractivity contribution in [1.82, 2.24) is 15.0 Å². The summed E-state index contributed by atoms with van der Waals surface area (Å²) in [5.74, 6) is 2.16. The molecule has 0 fully saturated rings. The van der Waals surface area contributed by atoms with E-state index in [-0.39, 0.29) is 22.5 Å². The van der Waals surface area contributed by atoms with Crippen LogP contribution in [0.15, 0.2) is 104 Å².